The third kappa shape index (κ3) is 2.26. The molecule has 2 heterocycles. The van der Waals surface area contributed by atoms with Gasteiger partial charge in [0.25, 0.3) is 5.91 Å². The number of hydrogen-bond donors (Lipinski definition) is 0. The van der Waals surface area contributed by atoms with Crippen molar-refractivity contribution in [3.05, 3.63) is 34.4 Å². The van der Waals surface area contributed by atoms with Crippen LogP contribution < -0.4 is 0 Å². The van der Waals surface area contributed by atoms with Crippen LogP contribution >= 0.6 is 15.9 Å². The minimum atomic E-state index is 0.167. The molecule has 0 aliphatic carbocycles. The number of nitrogens with zero attached hydrogens (tertiary/aromatic N) is 2. The topological polar surface area (TPSA) is 25.2 Å². The summed E-state index contributed by atoms with van der Waals surface area (Å²) in [5.41, 5.74) is 1.96. The third-order valence-electron chi connectivity index (χ3n) is 3.95. The molecule has 0 fully saturated rings. The van der Waals surface area contributed by atoms with Crippen LogP contribution in [0.15, 0.2) is 28.7 Å². The van der Waals surface area contributed by atoms with E-state index in [-0.39, 0.29) is 5.91 Å². The van der Waals surface area contributed by atoms with Crippen LogP contribution in [0.1, 0.15) is 30.8 Å². The van der Waals surface area contributed by atoms with Gasteiger partial charge in [0.05, 0.1) is 5.52 Å². The molecule has 0 radical (unpaired) electrons. The fraction of sp³-hybridized carbons (Fsp3) is 0.438. The lowest BCUT2D eigenvalue weighted by Crippen LogP contribution is -2.40. The SMILES string of the molecule is CC(C)CCN1CCn2c(cc3cccc(Br)c32)C1=O. The molecular formula is C16H19BrN2O. The zero-order valence-electron chi connectivity index (χ0n) is 11.9. The monoisotopic (exact) mass is 334 g/mol. The molecule has 2 aromatic rings. The van der Waals surface area contributed by atoms with Gasteiger partial charge < -0.3 is 9.47 Å². The van der Waals surface area contributed by atoms with Gasteiger partial charge >= 0.3 is 0 Å². The Hall–Kier alpha value is -1.29. The van der Waals surface area contributed by atoms with E-state index < -0.39 is 0 Å². The highest BCUT2D eigenvalue weighted by molar-refractivity contribution is 9.10. The first-order valence-electron chi connectivity index (χ1n) is 7.15. The van der Waals surface area contributed by atoms with E-state index in [1.165, 1.54) is 0 Å². The number of aromatic nitrogens is 1. The van der Waals surface area contributed by atoms with Crippen molar-refractivity contribution in [2.75, 3.05) is 13.1 Å². The fourth-order valence-corrected chi connectivity index (χ4v) is 3.40. The minimum absolute atomic E-state index is 0.167. The van der Waals surface area contributed by atoms with Gasteiger partial charge in [-0.1, -0.05) is 26.0 Å². The van der Waals surface area contributed by atoms with E-state index in [0.717, 1.165) is 47.1 Å². The molecule has 1 aliphatic rings. The van der Waals surface area contributed by atoms with Crippen LogP contribution in [0.2, 0.25) is 0 Å². The van der Waals surface area contributed by atoms with Gasteiger partial charge in [-0.2, -0.15) is 0 Å². The fourth-order valence-electron chi connectivity index (χ4n) is 2.80. The van der Waals surface area contributed by atoms with Gasteiger partial charge in [-0.05, 0) is 40.4 Å². The van der Waals surface area contributed by atoms with Crippen molar-refractivity contribution in [3.63, 3.8) is 0 Å². The largest absolute Gasteiger partial charge is 0.336 e. The number of benzene rings is 1. The van der Waals surface area contributed by atoms with Gasteiger partial charge in [0, 0.05) is 29.5 Å². The van der Waals surface area contributed by atoms with Crippen molar-refractivity contribution in [1.82, 2.24) is 9.47 Å². The molecule has 3 rings (SSSR count). The number of para-hydroxylation sites is 1. The van der Waals surface area contributed by atoms with Crippen molar-refractivity contribution >= 4 is 32.7 Å². The van der Waals surface area contributed by atoms with Crippen LogP contribution in [-0.4, -0.2) is 28.5 Å². The van der Waals surface area contributed by atoms with Gasteiger partial charge in [-0.25, -0.2) is 0 Å². The van der Waals surface area contributed by atoms with Gasteiger partial charge in [0.15, 0.2) is 0 Å². The Kier molecular flexibility index (Phi) is 3.59. The van der Waals surface area contributed by atoms with Gasteiger partial charge in [0.2, 0.25) is 0 Å². The van der Waals surface area contributed by atoms with Crippen LogP contribution in [-0.2, 0) is 6.54 Å². The first kappa shape index (κ1) is 13.7. The molecule has 1 aliphatic heterocycles. The number of rotatable bonds is 3. The highest BCUT2D eigenvalue weighted by Crippen LogP contribution is 2.29. The third-order valence-corrected chi connectivity index (χ3v) is 4.59. The number of fused-ring (bicyclic) bond motifs is 3. The predicted molar refractivity (Wildman–Crippen MR) is 85.0 cm³/mol. The molecule has 106 valence electrons. The normalized spacial score (nSPS) is 15.2. The molecule has 0 bridgehead atoms. The molecule has 4 heteroatoms. The van der Waals surface area contributed by atoms with Gasteiger partial charge in [0.1, 0.15) is 5.69 Å². The lowest BCUT2D eigenvalue weighted by atomic mass is 10.1. The summed E-state index contributed by atoms with van der Waals surface area (Å²) in [6, 6.07) is 8.13. The molecule has 1 aromatic carbocycles. The van der Waals surface area contributed by atoms with Crippen molar-refractivity contribution in [2.24, 2.45) is 5.92 Å². The summed E-state index contributed by atoms with van der Waals surface area (Å²) in [7, 11) is 0. The molecule has 0 unspecified atom stereocenters. The van der Waals surface area contributed by atoms with Crippen molar-refractivity contribution < 1.29 is 4.79 Å². The number of hydrogen-bond acceptors (Lipinski definition) is 1. The Bertz CT molecular complexity index is 660. The quantitative estimate of drug-likeness (QED) is 0.835. The number of carbonyl (C=O) groups excluding carboxylic acids is 1. The summed E-state index contributed by atoms with van der Waals surface area (Å²) in [5, 5.41) is 1.13. The van der Waals surface area contributed by atoms with Crippen LogP contribution in [0.5, 0.6) is 0 Å². The van der Waals surface area contributed by atoms with Gasteiger partial charge in [-0.3, -0.25) is 4.79 Å². The molecular weight excluding hydrogens is 316 g/mol. The predicted octanol–water partition coefficient (Wildman–Crippen LogP) is 3.91. The Morgan fingerprint density at radius 2 is 2.10 bits per heavy atom. The second kappa shape index (κ2) is 5.24. The van der Waals surface area contributed by atoms with E-state index in [2.05, 4.69) is 40.4 Å². The average molecular weight is 335 g/mol. The summed E-state index contributed by atoms with van der Waals surface area (Å²) in [6.45, 7) is 6.94. The molecule has 20 heavy (non-hydrogen) atoms. The molecule has 1 amide bonds. The van der Waals surface area contributed by atoms with Gasteiger partial charge in [-0.15, -0.1) is 0 Å². The van der Waals surface area contributed by atoms with Crippen LogP contribution in [0, 0.1) is 5.92 Å². The van der Waals surface area contributed by atoms with Crippen LogP contribution in [0.3, 0.4) is 0 Å². The maximum atomic E-state index is 12.6. The molecule has 0 spiro atoms. The van der Waals surface area contributed by atoms with E-state index in [4.69, 9.17) is 0 Å². The van der Waals surface area contributed by atoms with E-state index in [0.29, 0.717) is 5.92 Å². The molecule has 0 saturated carbocycles. The average Bonchev–Trinajstić information content (AvgIpc) is 2.78. The zero-order valence-corrected chi connectivity index (χ0v) is 13.5. The first-order chi connectivity index (χ1) is 9.58. The Balaban J connectivity index is 1.96. The summed E-state index contributed by atoms with van der Waals surface area (Å²) in [5.74, 6) is 0.796. The van der Waals surface area contributed by atoms with E-state index in [9.17, 15) is 4.79 Å². The minimum Gasteiger partial charge on any atom is -0.336 e. The summed E-state index contributed by atoms with van der Waals surface area (Å²) >= 11 is 3.59. The maximum Gasteiger partial charge on any atom is 0.270 e. The summed E-state index contributed by atoms with van der Waals surface area (Å²) < 4.78 is 3.21. The van der Waals surface area contributed by atoms with E-state index >= 15 is 0 Å². The van der Waals surface area contributed by atoms with Crippen molar-refractivity contribution in [1.29, 1.82) is 0 Å². The van der Waals surface area contributed by atoms with E-state index in [1.807, 2.05) is 23.1 Å². The Morgan fingerprint density at radius 1 is 1.30 bits per heavy atom. The number of amides is 1. The highest BCUT2D eigenvalue weighted by atomic mass is 79.9. The lowest BCUT2D eigenvalue weighted by Gasteiger charge is -2.29. The maximum absolute atomic E-state index is 12.6. The van der Waals surface area contributed by atoms with Crippen molar-refractivity contribution in [3.8, 4) is 0 Å². The lowest BCUT2D eigenvalue weighted by molar-refractivity contribution is 0.0699. The second-order valence-electron chi connectivity index (χ2n) is 5.83. The molecule has 3 nitrogen and oxygen atoms in total. The van der Waals surface area contributed by atoms with Crippen LogP contribution in [0.25, 0.3) is 10.9 Å². The Labute approximate surface area is 127 Å². The standard InChI is InChI=1S/C16H19BrN2O/c1-11(2)6-7-18-8-9-19-14(16(18)20)10-12-4-3-5-13(17)15(12)19/h3-5,10-11H,6-9H2,1-2H3. The highest BCUT2D eigenvalue weighted by Gasteiger charge is 2.26. The smallest absolute Gasteiger partial charge is 0.270 e. The summed E-state index contributed by atoms with van der Waals surface area (Å²) in [4.78, 5) is 14.6. The number of halogens is 1. The summed E-state index contributed by atoms with van der Waals surface area (Å²) in [6.07, 6.45) is 1.07. The van der Waals surface area contributed by atoms with Crippen LogP contribution in [0.4, 0.5) is 0 Å². The first-order valence-corrected chi connectivity index (χ1v) is 7.94. The molecule has 0 N–H and O–H groups in total. The Morgan fingerprint density at radius 3 is 2.85 bits per heavy atom. The van der Waals surface area contributed by atoms with E-state index in [1.54, 1.807) is 0 Å². The van der Waals surface area contributed by atoms with Crippen molar-refractivity contribution in [2.45, 2.75) is 26.8 Å². The zero-order chi connectivity index (χ0) is 14.3. The molecule has 1 aromatic heterocycles. The second-order valence-corrected chi connectivity index (χ2v) is 6.69. The molecule has 0 saturated heterocycles. The number of carbonyl (C=O) groups is 1. The molecule has 0 atom stereocenters.